The van der Waals surface area contributed by atoms with Gasteiger partial charge in [-0.15, -0.1) is 12.4 Å². The number of ether oxygens (including phenoxy) is 1. The van der Waals surface area contributed by atoms with E-state index in [9.17, 15) is 9.59 Å². The number of aromatic nitrogens is 2. The molecule has 1 N–H and O–H groups in total. The SMILES string of the molecule is CCOC(=O)c1ccc2nc[nH]c(=O)c2c1.Cl. The fourth-order valence-electron chi connectivity index (χ4n) is 1.41. The van der Waals surface area contributed by atoms with Gasteiger partial charge < -0.3 is 9.72 Å². The van der Waals surface area contributed by atoms with E-state index < -0.39 is 5.97 Å². The highest BCUT2D eigenvalue weighted by Crippen LogP contribution is 2.10. The van der Waals surface area contributed by atoms with Crippen molar-refractivity contribution in [2.75, 3.05) is 6.61 Å². The second-order valence-electron chi connectivity index (χ2n) is 3.18. The molecule has 1 heterocycles. The molecule has 1 aromatic carbocycles. The third-order valence-electron chi connectivity index (χ3n) is 2.15. The van der Waals surface area contributed by atoms with Crippen LogP contribution in [0.4, 0.5) is 0 Å². The van der Waals surface area contributed by atoms with E-state index in [1.807, 2.05) is 0 Å². The number of hydrogen-bond donors (Lipinski definition) is 1. The Kier molecular flexibility index (Phi) is 4.23. The Bertz CT molecular complexity index is 595. The van der Waals surface area contributed by atoms with Gasteiger partial charge in [-0.25, -0.2) is 9.78 Å². The number of rotatable bonds is 2. The summed E-state index contributed by atoms with van der Waals surface area (Å²) in [5.41, 5.74) is 0.640. The summed E-state index contributed by atoms with van der Waals surface area (Å²) in [4.78, 5) is 29.3. The van der Waals surface area contributed by atoms with E-state index in [4.69, 9.17) is 4.74 Å². The van der Waals surface area contributed by atoms with Crippen LogP contribution in [-0.4, -0.2) is 22.5 Å². The highest BCUT2D eigenvalue weighted by atomic mass is 35.5. The number of nitrogens with zero attached hydrogens (tertiary/aromatic N) is 1. The molecule has 2 aromatic rings. The summed E-state index contributed by atoms with van der Waals surface area (Å²) in [5, 5.41) is 0.382. The van der Waals surface area contributed by atoms with E-state index in [0.29, 0.717) is 23.1 Å². The first-order chi connectivity index (χ1) is 7.72. The van der Waals surface area contributed by atoms with Crippen LogP contribution in [0.5, 0.6) is 0 Å². The van der Waals surface area contributed by atoms with E-state index in [1.54, 1.807) is 19.1 Å². The molecule has 1 aromatic heterocycles. The third-order valence-corrected chi connectivity index (χ3v) is 2.15. The summed E-state index contributed by atoms with van der Waals surface area (Å²) < 4.78 is 4.85. The van der Waals surface area contributed by atoms with Gasteiger partial charge in [0, 0.05) is 0 Å². The van der Waals surface area contributed by atoms with E-state index >= 15 is 0 Å². The Labute approximate surface area is 103 Å². The summed E-state index contributed by atoms with van der Waals surface area (Å²) in [6, 6.07) is 4.70. The lowest BCUT2D eigenvalue weighted by Crippen LogP contribution is -2.09. The number of aromatic amines is 1. The first kappa shape index (κ1) is 13.2. The molecule has 6 heteroatoms. The Balaban J connectivity index is 0.00000144. The molecule has 5 nitrogen and oxygen atoms in total. The van der Waals surface area contributed by atoms with Crippen molar-refractivity contribution in [3.63, 3.8) is 0 Å². The van der Waals surface area contributed by atoms with Crippen molar-refractivity contribution in [2.45, 2.75) is 6.92 Å². The minimum absolute atomic E-state index is 0. The Morgan fingerprint density at radius 2 is 2.24 bits per heavy atom. The molecule has 0 aliphatic carbocycles. The average molecular weight is 255 g/mol. The minimum atomic E-state index is -0.437. The lowest BCUT2D eigenvalue weighted by atomic mass is 10.1. The van der Waals surface area contributed by atoms with Crippen LogP contribution in [0.3, 0.4) is 0 Å². The van der Waals surface area contributed by atoms with Crippen molar-refractivity contribution >= 4 is 29.3 Å². The quantitative estimate of drug-likeness (QED) is 0.825. The number of halogens is 1. The molecule has 17 heavy (non-hydrogen) atoms. The molecule has 0 aliphatic rings. The van der Waals surface area contributed by atoms with Crippen LogP contribution in [0.2, 0.25) is 0 Å². The largest absolute Gasteiger partial charge is 0.462 e. The van der Waals surface area contributed by atoms with Gasteiger partial charge in [0.2, 0.25) is 0 Å². The smallest absolute Gasteiger partial charge is 0.338 e. The van der Waals surface area contributed by atoms with Crippen molar-refractivity contribution in [1.29, 1.82) is 0 Å². The molecule has 2 rings (SSSR count). The van der Waals surface area contributed by atoms with Crippen molar-refractivity contribution < 1.29 is 9.53 Å². The molecule has 0 unspecified atom stereocenters. The molecule has 0 saturated heterocycles. The maximum absolute atomic E-state index is 11.5. The number of carbonyl (C=O) groups excluding carboxylic acids is 1. The average Bonchev–Trinajstić information content (AvgIpc) is 2.29. The number of fused-ring (bicyclic) bond motifs is 1. The van der Waals surface area contributed by atoms with Gasteiger partial charge in [0.15, 0.2) is 0 Å². The first-order valence-corrected chi connectivity index (χ1v) is 4.87. The molecule has 0 fully saturated rings. The lowest BCUT2D eigenvalue weighted by Gasteiger charge is -2.02. The van der Waals surface area contributed by atoms with Gasteiger partial charge >= 0.3 is 5.97 Å². The summed E-state index contributed by atoms with van der Waals surface area (Å²) in [5.74, 6) is -0.437. The van der Waals surface area contributed by atoms with Crippen LogP contribution in [0, 0.1) is 0 Å². The minimum Gasteiger partial charge on any atom is -0.462 e. The summed E-state index contributed by atoms with van der Waals surface area (Å²) in [7, 11) is 0. The second-order valence-corrected chi connectivity index (χ2v) is 3.18. The zero-order valence-corrected chi connectivity index (χ0v) is 9.91. The van der Waals surface area contributed by atoms with Gasteiger partial charge in [-0.3, -0.25) is 4.79 Å². The fraction of sp³-hybridized carbons (Fsp3) is 0.182. The zero-order valence-electron chi connectivity index (χ0n) is 9.10. The normalized spacial score (nSPS) is 9.71. The van der Waals surface area contributed by atoms with Gasteiger partial charge in [0.25, 0.3) is 5.56 Å². The monoisotopic (exact) mass is 254 g/mol. The highest BCUT2D eigenvalue weighted by Gasteiger charge is 2.08. The van der Waals surface area contributed by atoms with Crippen LogP contribution in [-0.2, 0) is 4.74 Å². The maximum Gasteiger partial charge on any atom is 0.338 e. The third kappa shape index (κ3) is 2.62. The molecule has 90 valence electrons. The molecule has 0 spiro atoms. The second kappa shape index (κ2) is 5.45. The Hall–Kier alpha value is -1.88. The van der Waals surface area contributed by atoms with Gasteiger partial charge in [-0.05, 0) is 25.1 Å². The van der Waals surface area contributed by atoms with Gasteiger partial charge in [0.05, 0.1) is 29.4 Å². The summed E-state index contributed by atoms with van der Waals surface area (Å²) >= 11 is 0. The zero-order chi connectivity index (χ0) is 11.5. The van der Waals surface area contributed by atoms with Crippen molar-refractivity contribution in [2.24, 2.45) is 0 Å². The number of hydrogen-bond acceptors (Lipinski definition) is 4. The lowest BCUT2D eigenvalue weighted by molar-refractivity contribution is 0.0526. The number of carbonyl (C=O) groups is 1. The molecule has 0 atom stereocenters. The Morgan fingerprint density at radius 3 is 2.94 bits per heavy atom. The van der Waals surface area contributed by atoms with Crippen LogP contribution < -0.4 is 5.56 Å². The Morgan fingerprint density at radius 1 is 1.47 bits per heavy atom. The van der Waals surface area contributed by atoms with Crippen LogP contribution in [0.15, 0.2) is 29.3 Å². The molecule has 0 amide bonds. The molecule has 0 aliphatic heterocycles. The fourth-order valence-corrected chi connectivity index (χ4v) is 1.41. The van der Waals surface area contributed by atoms with E-state index in [0.717, 1.165) is 0 Å². The number of H-pyrrole nitrogens is 1. The number of benzene rings is 1. The van der Waals surface area contributed by atoms with E-state index in [2.05, 4.69) is 9.97 Å². The maximum atomic E-state index is 11.5. The predicted molar refractivity (Wildman–Crippen MR) is 65.6 cm³/mol. The number of nitrogens with one attached hydrogen (secondary N) is 1. The molecule has 0 saturated carbocycles. The van der Waals surface area contributed by atoms with Crippen LogP contribution in [0.25, 0.3) is 10.9 Å². The topological polar surface area (TPSA) is 72.0 Å². The van der Waals surface area contributed by atoms with Gasteiger partial charge in [-0.2, -0.15) is 0 Å². The molecular formula is C11H11ClN2O3. The highest BCUT2D eigenvalue weighted by molar-refractivity contribution is 5.94. The van der Waals surface area contributed by atoms with Gasteiger partial charge in [0.1, 0.15) is 0 Å². The van der Waals surface area contributed by atoms with Crippen molar-refractivity contribution in [3.05, 3.63) is 40.4 Å². The summed E-state index contributed by atoms with van der Waals surface area (Å²) in [6.07, 6.45) is 1.33. The first-order valence-electron chi connectivity index (χ1n) is 4.87. The molecule has 0 bridgehead atoms. The van der Waals surface area contributed by atoms with Crippen molar-refractivity contribution in [1.82, 2.24) is 9.97 Å². The molecule has 0 radical (unpaired) electrons. The number of esters is 1. The predicted octanol–water partition coefficient (Wildman–Crippen LogP) is 1.52. The van der Waals surface area contributed by atoms with Gasteiger partial charge in [-0.1, -0.05) is 0 Å². The van der Waals surface area contributed by atoms with Crippen LogP contribution >= 0.6 is 12.4 Å². The standard InChI is InChI=1S/C11H10N2O3.ClH/c1-2-16-11(15)7-3-4-9-8(5-7)10(14)13-6-12-9;/h3-6H,2H2,1H3,(H,12,13,14);1H. The molecular weight excluding hydrogens is 244 g/mol. The van der Waals surface area contributed by atoms with E-state index in [1.165, 1.54) is 12.4 Å². The summed E-state index contributed by atoms with van der Waals surface area (Å²) in [6.45, 7) is 2.04. The van der Waals surface area contributed by atoms with Crippen LogP contribution in [0.1, 0.15) is 17.3 Å². The van der Waals surface area contributed by atoms with E-state index in [-0.39, 0.29) is 18.0 Å². The van der Waals surface area contributed by atoms with Crippen molar-refractivity contribution in [3.8, 4) is 0 Å².